The first-order valence-electron chi connectivity index (χ1n) is 6.59. The van der Waals surface area contributed by atoms with Crippen molar-refractivity contribution in [3.05, 3.63) is 35.6 Å². The molecule has 0 saturated carbocycles. The molecule has 0 radical (unpaired) electrons. The molecule has 2 amide bonds. The predicted octanol–water partition coefficient (Wildman–Crippen LogP) is 1.63. The molecule has 1 fully saturated rings. The Morgan fingerprint density at radius 3 is 2.70 bits per heavy atom. The van der Waals surface area contributed by atoms with Gasteiger partial charge in [0.15, 0.2) is 0 Å². The van der Waals surface area contributed by atoms with Gasteiger partial charge in [-0.3, -0.25) is 0 Å². The zero-order valence-electron chi connectivity index (χ0n) is 11.0. The Morgan fingerprint density at radius 1 is 1.35 bits per heavy atom. The summed E-state index contributed by atoms with van der Waals surface area (Å²) in [5, 5.41) is 11.7. The molecule has 1 saturated heterocycles. The first-order valence-corrected chi connectivity index (χ1v) is 6.59. The molecule has 0 spiro atoms. The number of likely N-dealkylation sites (tertiary alicyclic amines) is 1. The van der Waals surface area contributed by atoms with Gasteiger partial charge < -0.3 is 15.3 Å². The standard InChI is InChI=1S/C14H17FN2O3/c15-11-5-3-10(4-6-11)7-8-16-14(20)17-9-1-2-12(17)13(18)19/h3-6,12H,1-2,7-9H2,(H,16,20)(H,18,19)/t12-/m1/s1. The van der Waals surface area contributed by atoms with Crippen LogP contribution in [0.2, 0.25) is 0 Å². The highest BCUT2D eigenvalue weighted by atomic mass is 19.1. The smallest absolute Gasteiger partial charge is 0.326 e. The average Bonchev–Trinajstić information content (AvgIpc) is 2.90. The van der Waals surface area contributed by atoms with Gasteiger partial charge in [-0.15, -0.1) is 0 Å². The van der Waals surface area contributed by atoms with Crippen LogP contribution >= 0.6 is 0 Å². The van der Waals surface area contributed by atoms with Crippen molar-refractivity contribution in [3.63, 3.8) is 0 Å². The molecular weight excluding hydrogens is 263 g/mol. The van der Waals surface area contributed by atoms with Crippen LogP contribution in [-0.2, 0) is 11.2 Å². The van der Waals surface area contributed by atoms with Crippen LogP contribution in [0, 0.1) is 5.82 Å². The fourth-order valence-corrected chi connectivity index (χ4v) is 2.33. The van der Waals surface area contributed by atoms with Crippen molar-refractivity contribution >= 4 is 12.0 Å². The highest BCUT2D eigenvalue weighted by molar-refractivity contribution is 5.83. The Hall–Kier alpha value is -2.11. The van der Waals surface area contributed by atoms with Crippen LogP contribution in [0.1, 0.15) is 18.4 Å². The van der Waals surface area contributed by atoms with Crippen molar-refractivity contribution < 1.29 is 19.1 Å². The molecule has 6 heteroatoms. The average molecular weight is 280 g/mol. The highest BCUT2D eigenvalue weighted by Crippen LogP contribution is 2.17. The number of rotatable bonds is 4. The maximum atomic E-state index is 12.7. The maximum absolute atomic E-state index is 12.7. The number of urea groups is 1. The molecule has 1 aromatic carbocycles. The van der Waals surface area contributed by atoms with Crippen LogP contribution in [0.15, 0.2) is 24.3 Å². The zero-order chi connectivity index (χ0) is 14.5. The van der Waals surface area contributed by atoms with E-state index in [4.69, 9.17) is 5.11 Å². The van der Waals surface area contributed by atoms with E-state index >= 15 is 0 Å². The van der Waals surface area contributed by atoms with Gasteiger partial charge in [-0.05, 0) is 37.0 Å². The molecule has 2 rings (SSSR count). The van der Waals surface area contributed by atoms with Crippen LogP contribution in [0.4, 0.5) is 9.18 Å². The van der Waals surface area contributed by atoms with E-state index in [9.17, 15) is 14.0 Å². The number of amides is 2. The summed E-state index contributed by atoms with van der Waals surface area (Å²) in [6, 6.07) is 5.00. The molecule has 1 atom stereocenters. The third-order valence-corrected chi connectivity index (χ3v) is 3.40. The lowest BCUT2D eigenvalue weighted by molar-refractivity contribution is -0.141. The SMILES string of the molecule is O=C(O)[C@H]1CCCN1C(=O)NCCc1ccc(F)cc1. The van der Waals surface area contributed by atoms with Gasteiger partial charge in [0, 0.05) is 13.1 Å². The second kappa shape index (κ2) is 6.36. The van der Waals surface area contributed by atoms with Crippen molar-refractivity contribution in [2.45, 2.75) is 25.3 Å². The second-order valence-corrected chi connectivity index (χ2v) is 4.80. The molecule has 1 aliphatic heterocycles. The third-order valence-electron chi connectivity index (χ3n) is 3.40. The second-order valence-electron chi connectivity index (χ2n) is 4.80. The van der Waals surface area contributed by atoms with E-state index in [0.717, 1.165) is 5.56 Å². The molecule has 0 bridgehead atoms. The van der Waals surface area contributed by atoms with Crippen LogP contribution in [0.3, 0.4) is 0 Å². The summed E-state index contributed by atoms with van der Waals surface area (Å²) in [5.41, 5.74) is 0.919. The summed E-state index contributed by atoms with van der Waals surface area (Å²) >= 11 is 0. The number of benzene rings is 1. The number of carbonyl (C=O) groups is 2. The number of nitrogens with one attached hydrogen (secondary N) is 1. The minimum atomic E-state index is -0.962. The van der Waals surface area contributed by atoms with E-state index in [2.05, 4.69) is 5.32 Å². The predicted molar refractivity (Wildman–Crippen MR) is 70.9 cm³/mol. The summed E-state index contributed by atoms with van der Waals surface area (Å²) < 4.78 is 12.7. The number of carboxylic acids is 1. The molecule has 1 heterocycles. The van der Waals surface area contributed by atoms with Crippen molar-refractivity contribution in [2.75, 3.05) is 13.1 Å². The number of carbonyl (C=O) groups excluding carboxylic acids is 1. The fraction of sp³-hybridized carbons (Fsp3) is 0.429. The van der Waals surface area contributed by atoms with Gasteiger partial charge >= 0.3 is 12.0 Å². The summed E-state index contributed by atoms with van der Waals surface area (Å²) in [4.78, 5) is 24.2. The molecule has 0 unspecified atom stereocenters. The van der Waals surface area contributed by atoms with E-state index in [1.54, 1.807) is 12.1 Å². The largest absolute Gasteiger partial charge is 0.480 e. The molecule has 1 aliphatic rings. The first kappa shape index (κ1) is 14.3. The number of aliphatic carboxylic acids is 1. The number of nitrogens with zero attached hydrogens (tertiary/aromatic N) is 1. The molecule has 20 heavy (non-hydrogen) atoms. The molecule has 0 aliphatic carbocycles. The Bertz CT molecular complexity index is 490. The molecular formula is C14H17FN2O3. The van der Waals surface area contributed by atoms with Crippen molar-refractivity contribution in [1.82, 2.24) is 10.2 Å². The van der Waals surface area contributed by atoms with Crippen molar-refractivity contribution in [2.24, 2.45) is 0 Å². The quantitative estimate of drug-likeness (QED) is 0.880. The topological polar surface area (TPSA) is 69.6 Å². The first-order chi connectivity index (χ1) is 9.58. The number of hydrogen-bond donors (Lipinski definition) is 2. The van der Waals surface area contributed by atoms with Crippen molar-refractivity contribution in [1.29, 1.82) is 0 Å². The fourth-order valence-electron chi connectivity index (χ4n) is 2.33. The van der Waals surface area contributed by atoms with Crippen LogP contribution in [0.25, 0.3) is 0 Å². The molecule has 2 N–H and O–H groups in total. The number of carboxylic acid groups (broad SMARTS) is 1. The van der Waals surface area contributed by atoms with Crippen LogP contribution < -0.4 is 5.32 Å². The lowest BCUT2D eigenvalue weighted by atomic mass is 10.1. The van der Waals surface area contributed by atoms with E-state index < -0.39 is 12.0 Å². The van der Waals surface area contributed by atoms with Crippen LogP contribution in [0.5, 0.6) is 0 Å². The summed E-state index contributed by atoms with van der Waals surface area (Å²) in [6.07, 6.45) is 1.79. The molecule has 5 nitrogen and oxygen atoms in total. The summed E-state index contributed by atoms with van der Waals surface area (Å²) in [6.45, 7) is 0.868. The zero-order valence-corrected chi connectivity index (χ0v) is 11.0. The van der Waals surface area contributed by atoms with E-state index in [-0.39, 0.29) is 11.8 Å². The van der Waals surface area contributed by atoms with Gasteiger partial charge in [0.05, 0.1) is 0 Å². The summed E-state index contributed by atoms with van der Waals surface area (Å²) in [7, 11) is 0. The monoisotopic (exact) mass is 280 g/mol. The number of halogens is 1. The van der Waals surface area contributed by atoms with Gasteiger partial charge in [0.1, 0.15) is 11.9 Å². The van der Waals surface area contributed by atoms with E-state index in [1.807, 2.05) is 0 Å². The van der Waals surface area contributed by atoms with E-state index in [1.165, 1.54) is 17.0 Å². The third kappa shape index (κ3) is 3.46. The normalized spacial score (nSPS) is 18.1. The van der Waals surface area contributed by atoms with Gasteiger partial charge in [-0.1, -0.05) is 12.1 Å². The van der Waals surface area contributed by atoms with Crippen molar-refractivity contribution in [3.8, 4) is 0 Å². The lowest BCUT2D eigenvalue weighted by Gasteiger charge is -2.21. The van der Waals surface area contributed by atoms with Gasteiger partial charge in [0.25, 0.3) is 0 Å². The molecule has 1 aromatic rings. The molecule has 0 aromatic heterocycles. The van der Waals surface area contributed by atoms with Gasteiger partial charge in [0.2, 0.25) is 0 Å². The number of hydrogen-bond acceptors (Lipinski definition) is 2. The van der Waals surface area contributed by atoms with Gasteiger partial charge in [-0.2, -0.15) is 0 Å². The summed E-state index contributed by atoms with van der Waals surface area (Å²) in [5.74, 6) is -1.25. The van der Waals surface area contributed by atoms with Crippen LogP contribution in [-0.4, -0.2) is 41.1 Å². The Balaban J connectivity index is 1.80. The Labute approximate surface area is 116 Å². The maximum Gasteiger partial charge on any atom is 0.326 e. The lowest BCUT2D eigenvalue weighted by Crippen LogP contribution is -2.46. The molecule has 108 valence electrons. The van der Waals surface area contributed by atoms with Gasteiger partial charge in [-0.25, -0.2) is 14.0 Å². The van der Waals surface area contributed by atoms with E-state index in [0.29, 0.717) is 32.4 Å². The Kier molecular flexibility index (Phi) is 4.55. The minimum absolute atomic E-state index is 0.292. The Morgan fingerprint density at radius 2 is 2.05 bits per heavy atom. The minimum Gasteiger partial charge on any atom is -0.480 e. The highest BCUT2D eigenvalue weighted by Gasteiger charge is 2.33.